The minimum atomic E-state index is -3.55. The van der Waals surface area contributed by atoms with Gasteiger partial charge < -0.3 is 0 Å². The van der Waals surface area contributed by atoms with Crippen molar-refractivity contribution in [3.8, 4) is 0 Å². The lowest BCUT2D eigenvalue weighted by molar-refractivity contribution is -0.0313. The highest BCUT2D eigenvalue weighted by atomic mass is 32.2. The van der Waals surface area contributed by atoms with Crippen LogP contribution >= 0.6 is 0 Å². The second kappa shape index (κ2) is 3.52. The number of nitrogens with zero attached hydrogens (tertiary/aromatic N) is 2. The number of hydrogen-bond acceptors (Lipinski definition) is 6. The highest BCUT2D eigenvalue weighted by molar-refractivity contribution is 7.85. The zero-order chi connectivity index (χ0) is 10.9. The predicted octanol–water partition coefficient (Wildman–Crippen LogP) is -1.33. The third-order valence-electron chi connectivity index (χ3n) is 1.68. The lowest BCUT2D eigenvalue weighted by Crippen LogP contribution is -2.43. The van der Waals surface area contributed by atoms with Crippen molar-refractivity contribution in [2.75, 3.05) is 6.26 Å². The van der Waals surface area contributed by atoms with Crippen molar-refractivity contribution >= 4 is 16.3 Å². The standard InChI is InChI=1S/C8H9N3O3S/c1-15(12,13)14-11-6-7-4-2-3-5-8(7)9-10-11/h2-6,10H,1H3. The van der Waals surface area contributed by atoms with Crippen LogP contribution in [-0.4, -0.2) is 19.8 Å². The van der Waals surface area contributed by atoms with E-state index in [4.69, 9.17) is 0 Å². The second-order valence-electron chi connectivity index (χ2n) is 3.00. The highest BCUT2D eigenvalue weighted by Crippen LogP contribution is 1.94. The summed E-state index contributed by atoms with van der Waals surface area (Å²) in [7, 11) is -3.55. The number of hydrogen-bond donors (Lipinski definition) is 1. The van der Waals surface area contributed by atoms with Gasteiger partial charge in [-0.1, -0.05) is 18.2 Å². The summed E-state index contributed by atoms with van der Waals surface area (Å²) in [4.78, 5) is 0. The summed E-state index contributed by atoms with van der Waals surface area (Å²) < 4.78 is 26.3. The van der Waals surface area contributed by atoms with Gasteiger partial charge in [0.2, 0.25) is 0 Å². The summed E-state index contributed by atoms with van der Waals surface area (Å²) in [5.74, 6) is 0. The maximum atomic E-state index is 10.8. The number of para-hydroxylation sites is 1. The number of rotatable bonds is 2. The summed E-state index contributed by atoms with van der Waals surface area (Å²) in [6, 6.07) is 7.27. The summed E-state index contributed by atoms with van der Waals surface area (Å²) in [5, 5.41) is 6.36. The molecular weight excluding hydrogens is 218 g/mol. The molecule has 1 aromatic rings. The van der Waals surface area contributed by atoms with E-state index >= 15 is 0 Å². The van der Waals surface area contributed by atoms with Gasteiger partial charge in [-0.15, -0.1) is 9.46 Å². The van der Waals surface area contributed by atoms with E-state index in [-0.39, 0.29) is 0 Å². The Morgan fingerprint density at radius 1 is 1.40 bits per heavy atom. The quantitative estimate of drug-likeness (QED) is 0.678. The van der Waals surface area contributed by atoms with Gasteiger partial charge in [-0.3, -0.25) is 0 Å². The molecule has 6 nitrogen and oxygen atoms in total. The van der Waals surface area contributed by atoms with E-state index in [2.05, 4.69) is 14.9 Å². The largest absolute Gasteiger partial charge is 0.286 e. The lowest BCUT2D eigenvalue weighted by Gasteiger charge is -2.18. The molecule has 0 spiro atoms. The van der Waals surface area contributed by atoms with Crippen molar-refractivity contribution < 1.29 is 12.7 Å². The molecule has 0 aromatic heterocycles. The fourth-order valence-corrected chi connectivity index (χ4v) is 1.51. The third kappa shape index (κ3) is 2.45. The Labute approximate surface area is 86.5 Å². The van der Waals surface area contributed by atoms with E-state index < -0.39 is 10.1 Å². The molecule has 1 aliphatic heterocycles. The van der Waals surface area contributed by atoms with Gasteiger partial charge in [0.25, 0.3) is 10.1 Å². The van der Waals surface area contributed by atoms with Crippen LogP contribution in [0.1, 0.15) is 0 Å². The molecule has 0 radical (unpaired) electrons. The molecule has 0 unspecified atom stereocenters. The second-order valence-corrected chi connectivity index (χ2v) is 4.56. The molecular formula is C8H9N3O3S. The Bertz CT molecular complexity index is 581. The van der Waals surface area contributed by atoms with Gasteiger partial charge in [0.1, 0.15) is 0 Å². The van der Waals surface area contributed by atoms with Gasteiger partial charge in [0.15, 0.2) is 0 Å². The summed E-state index contributed by atoms with van der Waals surface area (Å²) in [5.41, 5.74) is 2.43. The first-order chi connectivity index (χ1) is 7.04. The minimum absolute atomic E-state index is 0.728. The topological polar surface area (TPSA) is 71.0 Å². The van der Waals surface area contributed by atoms with Crippen molar-refractivity contribution in [3.63, 3.8) is 0 Å². The Morgan fingerprint density at radius 3 is 2.87 bits per heavy atom. The molecule has 80 valence electrons. The van der Waals surface area contributed by atoms with E-state index in [1.54, 1.807) is 12.1 Å². The van der Waals surface area contributed by atoms with Crippen molar-refractivity contribution in [1.29, 1.82) is 0 Å². The first-order valence-corrected chi connectivity index (χ1v) is 5.95. The zero-order valence-electron chi connectivity index (χ0n) is 7.91. The molecule has 7 heteroatoms. The Hall–Kier alpha value is -1.60. The summed E-state index contributed by atoms with van der Waals surface area (Å²) >= 11 is 0. The Balaban J connectivity index is 2.35. The van der Waals surface area contributed by atoms with Gasteiger partial charge >= 0.3 is 0 Å². The normalized spacial score (nSPS) is 14.6. The molecule has 0 bridgehead atoms. The maximum Gasteiger partial charge on any atom is 0.286 e. The van der Waals surface area contributed by atoms with Crippen molar-refractivity contribution in [2.45, 2.75) is 0 Å². The molecule has 1 aromatic carbocycles. The molecule has 1 heterocycles. The van der Waals surface area contributed by atoms with E-state index in [1.165, 1.54) is 6.20 Å². The Morgan fingerprint density at radius 2 is 2.13 bits per heavy atom. The predicted molar refractivity (Wildman–Crippen MR) is 52.6 cm³/mol. The van der Waals surface area contributed by atoms with Crippen molar-refractivity contribution in [2.24, 2.45) is 5.10 Å². The van der Waals surface area contributed by atoms with Gasteiger partial charge in [-0.05, 0) is 6.07 Å². The first-order valence-electron chi connectivity index (χ1n) is 4.14. The van der Waals surface area contributed by atoms with Crippen LogP contribution in [-0.2, 0) is 14.4 Å². The fraction of sp³-hybridized carbons (Fsp3) is 0.125. The van der Waals surface area contributed by atoms with Crippen LogP contribution in [0.5, 0.6) is 0 Å². The average Bonchev–Trinajstić information content (AvgIpc) is 2.15. The molecule has 0 saturated heterocycles. The van der Waals surface area contributed by atoms with Gasteiger partial charge in [-0.2, -0.15) is 19.1 Å². The lowest BCUT2D eigenvalue weighted by atomic mass is 10.3. The average molecular weight is 227 g/mol. The molecule has 15 heavy (non-hydrogen) atoms. The smallest absolute Gasteiger partial charge is 0.198 e. The number of hydroxylamine groups is 1. The van der Waals surface area contributed by atoms with Crippen LogP contribution in [0.15, 0.2) is 29.4 Å². The van der Waals surface area contributed by atoms with E-state index in [9.17, 15) is 8.42 Å². The maximum absolute atomic E-state index is 10.8. The van der Waals surface area contributed by atoms with Crippen molar-refractivity contribution in [3.05, 3.63) is 34.8 Å². The summed E-state index contributed by atoms with van der Waals surface area (Å²) in [6.07, 6.45) is 2.46. The van der Waals surface area contributed by atoms with Crippen LogP contribution in [0.25, 0.3) is 6.20 Å². The molecule has 0 amide bonds. The van der Waals surface area contributed by atoms with Gasteiger partial charge in [-0.25, -0.2) is 0 Å². The minimum Gasteiger partial charge on any atom is -0.198 e. The third-order valence-corrected chi connectivity index (χ3v) is 2.11. The Kier molecular flexibility index (Phi) is 2.33. The number of nitrogens with one attached hydrogen (secondary N) is 1. The van der Waals surface area contributed by atoms with E-state index in [0.717, 1.165) is 22.0 Å². The highest BCUT2D eigenvalue weighted by Gasteiger charge is 2.10. The number of benzene rings is 1. The fourth-order valence-electron chi connectivity index (χ4n) is 1.14. The molecule has 0 atom stereocenters. The van der Waals surface area contributed by atoms with Crippen molar-refractivity contribution in [1.82, 2.24) is 10.7 Å². The monoisotopic (exact) mass is 227 g/mol. The van der Waals surface area contributed by atoms with Crippen LogP contribution in [0, 0.1) is 0 Å². The van der Waals surface area contributed by atoms with Crippen LogP contribution in [0.2, 0.25) is 0 Å². The van der Waals surface area contributed by atoms with Crippen LogP contribution in [0.3, 0.4) is 0 Å². The van der Waals surface area contributed by atoms with Crippen LogP contribution < -0.4 is 16.1 Å². The summed E-state index contributed by atoms with van der Waals surface area (Å²) in [6.45, 7) is 0. The molecule has 1 aliphatic rings. The number of hydrazine groups is 1. The zero-order valence-corrected chi connectivity index (χ0v) is 8.73. The van der Waals surface area contributed by atoms with Gasteiger partial charge in [0.05, 0.1) is 17.8 Å². The molecule has 0 aliphatic carbocycles. The number of fused-ring (bicyclic) bond motifs is 1. The van der Waals surface area contributed by atoms with Crippen LogP contribution in [0.4, 0.5) is 0 Å². The molecule has 0 fully saturated rings. The van der Waals surface area contributed by atoms with E-state index in [1.807, 2.05) is 12.1 Å². The first kappa shape index (κ1) is 9.94. The van der Waals surface area contributed by atoms with Gasteiger partial charge in [0, 0.05) is 5.22 Å². The SMILES string of the molecule is CS(=O)(=O)ON1C=c2ccccc2=NN1. The van der Waals surface area contributed by atoms with E-state index in [0.29, 0.717) is 0 Å². The molecule has 1 N–H and O–H groups in total. The molecule has 2 rings (SSSR count). The molecule has 0 saturated carbocycles.